The summed E-state index contributed by atoms with van der Waals surface area (Å²) < 4.78 is 67.9. The van der Waals surface area contributed by atoms with Crippen LogP contribution in [0, 0.1) is 0 Å². The first-order valence-electron chi connectivity index (χ1n) is 7.58. The normalized spacial score (nSPS) is 12.2. The second kappa shape index (κ2) is 6.49. The summed E-state index contributed by atoms with van der Waals surface area (Å²) in [4.78, 5) is 26.3. The van der Waals surface area contributed by atoms with Crippen LogP contribution in [0.25, 0.3) is 5.69 Å². The minimum Gasteiger partial charge on any atom is -0.305 e. The lowest BCUT2D eigenvalue weighted by Gasteiger charge is -2.17. The Bertz CT molecular complexity index is 1050. The summed E-state index contributed by atoms with van der Waals surface area (Å²) in [6.07, 6.45) is -4.69. The van der Waals surface area contributed by atoms with Crippen molar-refractivity contribution in [2.75, 3.05) is 0 Å². The molecule has 3 aromatic rings. The number of hydrogen-bond acceptors (Lipinski definition) is 2. The molecule has 9 heteroatoms. The van der Waals surface area contributed by atoms with Crippen molar-refractivity contribution in [3.63, 3.8) is 0 Å². The van der Waals surface area contributed by atoms with Gasteiger partial charge in [0.05, 0.1) is 16.9 Å². The van der Waals surface area contributed by atoms with E-state index >= 15 is 0 Å². The van der Waals surface area contributed by atoms with E-state index in [1.807, 2.05) is 4.98 Å². The average molecular weight is 382 g/mol. The van der Waals surface area contributed by atoms with E-state index in [2.05, 4.69) is 0 Å². The van der Waals surface area contributed by atoms with Crippen LogP contribution in [0.3, 0.4) is 0 Å². The highest BCUT2D eigenvalue weighted by molar-refractivity contribution is 5.38. The first kappa shape index (κ1) is 18.6. The molecule has 1 heterocycles. The first-order chi connectivity index (χ1) is 12.6. The number of aromatic nitrogens is 2. The van der Waals surface area contributed by atoms with E-state index in [-0.39, 0.29) is 5.69 Å². The lowest BCUT2D eigenvalue weighted by molar-refractivity contribution is -0.137. The minimum absolute atomic E-state index is 0.361. The van der Waals surface area contributed by atoms with Gasteiger partial charge in [-0.05, 0) is 18.2 Å². The Morgan fingerprint density at radius 3 is 2.00 bits per heavy atom. The topological polar surface area (TPSA) is 54.9 Å². The number of nitrogens with zero attached hydrogens (tertiary/aromatic N) is 1. The van der Waals surface area contributed by atoms with Gasteiger partial charge in [-0.3, -0.25) is 4.79 Å². The van der Waals surface area contributed by atoms with E-state index in [4.69, 9.17) is 0 Å². The zero-order chi connectivity index (χ0) is 19.8. The smallest absolute Gasteiger partial charge is 0.305 e. The van der Waals surface area contributed by atoms with Gasteiger partial charge in [0, 0.05) is 11.6 Å². The molecule has 0 atom stereocenters. The second-order valence-electron chi connectivity index (χ2n) is 5.65. The SMILES string of the molecule is O=c1cc(C(F)(F)c2ccccc2)[nH]c(=O)n1-c1cccc(C(F)(F)F)c1. The van der Waals surface area contributed by atoms with E-state index < -0.39 is 40.2 Å². The van der Waals surface area contributed by atoms with Gasteiger partial charge in [0.15, 0.2) is 0 Å². The average Bonchev–Trinajstić information content (AvgIpc) is 2.61. The molecule has 27 heavy (non-hydrogen) atoms. The third-order valence-corrected chi connectivity index (χ3v) is 3.84. The quantitative estimate of drug-likeness (QED) is 0.703. The molecule has 140 valence electrons. The van der Waals surface area contributed by atoms with Crippen LogP contribution in [0.4, 0.5) is 22.0 Å². The van der Waals surface area contributed by atoms with Crippen molar-refractivity contribution in [1.29, 1.82) is 0 Å². The monoisotopic (exact) mass is 382 g/mol. The Hall–Kier alpha value is -3.23. The number of hydrogen-bond donors (Lipinski definition) is 1. The number of halogens is 5. The van der Waals surface area contributed by atoms with E-state index in [0.29, 0.717) is 16.7 Å². The van der Waals surface area contributed by atoms with E-state index in [1.54, 1.807) is 0 Å². The molecule has 2 aromatic carbocycles. The highest BCUT2D eigenvalue weighted by Gasteiger charge is 2.36. The van der Waals surface area contributed by atoms with Crippen LogP contribution in [0.2, 0.25) is 0 Å². The van der Waals surface area contributed by atoms with Crippen LogP contribution in [-0.4, -0.2) is 9.55 Å². The summed E-state index contributed by atoms with van der Waals surface area (Å²) in [6, 6.07) is 10.5. The molecule has 3 rings (SSSR count). The van der Waals surface area contributed by atoms with Gasteiger partial charge in [0.1, 0.15) is 0 Å². The molecule has 0 unspecified atom stereocenters. The molecule has 0 spiro atoms. The van der Waals surface area contributed by atoms with E-state index in [1.165, 1.54) is 18.2 Å². The molecule has 1 aromatic heterocycles. The zero-order valence-electron chi connectivity index (χ0n) is 13.4. The number of benzene rings is 2. The van der Waals surface area contributed by atoms with Gasteiger partial charge >= 0.3 is 17.8 Å². The Kier molecular flexibility index (Phi) is 4.46. The molecule has 0 aliphatic heterocycles. The molecule has 0 radical (unpaired) electrons. The number of aromatic amines is 1. The number of rotatable bonds is 3. The maximum atomic E-state index is 14.5. The molecule has 4 nitrogen and oxygen atoms in total. The fourth-order valence-electron chi connectivity index (χ4n) is 2.53. The van der Waals surface area contributed by atoms with E-state index in [0.717, 1.165) is 30.3 Å². The van der Waals surface area contributed by atoms with Gasteiger partial charge in [-0.1, -0.05) is 36.4 Å². The van der Waals surface area contributed by atoms with Crippen molar-refractivity contribution in [2.45, 2.75) is 12.1 Å². The fraction of sp³-hybridized carbons (Fsp3) is 0.111. The zero-order valence-corrected chi connectivity index (χ0v) is 13.4. The minimum atomic E-state index is -4.69. The van der Waals surface area contributed by atoms with Crippen LogP contribution >= 0.6 is 0 Å². The molecule has 0 amide bonds. The molecule has 0 saturated heterocycles. The molecular weight excluding hydrogens is 371 g/mol. The summed E-state index contributed by atoms with van der Waals surface area (Å²) in [5.74, 6) is -3.66. The molecule has 0 fully saturated rings. The third kappa shape index (κ3) is 3.53. The Morgan fingerprint density at radius 1 is 0.778 bits per heavy atom. The van der Waals surface area contributed by atoms with Crippen molar-refractivity contribution >= 4 is 0 Å². The third-order valence-electron chi connectivity index (χ3n) is 3.84. The predicted octanol–water partition coefficient (Wildman–Crippen LogP) is 3.68. The van der Waals surface area contributed by atoms with Crippen molar-refractivity contribution in [1.82, 2.24) is 9.55 Å². The summed E-state index contributed by atoms with van der Waals surface area (Å²) in [7, 11) is 0. The number of nitrogens with one attached hydrogen (secondary N) is 1. The summed E-state index contributed by atoms with van der Waals surface area (Å²) in [6.45, 7) is 0. The number of alkyl halides is 5. The van der Waals surface area contributed by atoms with Gasteiger partial charge in [-0.25, -0.2) is 9.36 Å². The van der Waals surface area contributed by atoms with Gasteiger partial charge in [0.2, 0.25) is 0 Å². The van der Waals surface area contributed by atoms with E-state index in [9.17, 15) is 31.5 Å². The molecular formula is C18H11F5N2O2. The van der Waals surface area contributed by atoms with Crippen molar-refractivity contribution in [2.24, 2.45) is 0 Å². The second-order valence-corrected chi connectivity index (χ2v) is 5.65. The van der Waals surface area contributed by atoms with Crippen LogP contribution in [0.5, 0.6) is 0 Å². The van der Waals surface area contributed by atoms with Gasteiger partial charge in [-0.2, -0.15) is 22.0 Å². The molecule has 0 aliphatic rings. The highest BCUT2D eigenvalue weighted by Crippen LogP contribution is 2.33. The Morgan fingerprint density at radius 2 is 1.41 bits per heavy atom. The van der Waals surface area contributed by atoms with Gasteiger partial charge in [0.25, 0.3) is 5.56 Å². The molecule has 0 saturated carbocycles. The van der Waals surface area contributed by atoms with Crippen molar-refractivity contribution < 1.29 is 22.0 Å². The van der Waals surface area contributed by atoms with Crippen LogP contribution in [0.15, 0.2) is 70.3 Å². The largest absolute Gasteiger partial charge is 0.416 e. The maximum Gasteiger partial charge on any atom is 0.416 e. The van der Waals surface area contributed by atoms with Crippen molar-refractivity contribution in [3.05, 3.63) is 98.3 Å². The van der Waals surface area contributed by atoms with Crippen molar-refractivity contribution in [3.8, 4) is 5.69 Å². The Labute approximate surface area is 148 Å². The fourth-order valence-corrected chi connectivity index (χ4v) is 2.53. The lowest BCUT2D eigenvalue weighted by atomic mass is 10.1. The molecule has 1 N–H and O–H groups in total. The van der Waals surface area contributed by atoms with Gasteiger partial charge in [-0.15, -0.1) is 0 Å². The van der Waals surface area contributed by atoms with Gasteiger partial charge < -0.3 is 4.98 Å². The maximum absolute atomic E-state index is 14.5. The molecule has 0 bridgehead atoms. The first-order valence-corrected chi connectivity index (χ1v) is 7.58. The lowest BCUT2D eigenvalue weighted by Crippen LogP contribution is -2.36. The standard InChI is InChI=1S/C18H11F5N2O2/c19-17(20,11-5-2-1-3-6-11)14-10-15(26)25(16(27)24-14)13-8-4-7-12(9-13)18(21,22)23/h1-10H,(H,24,27). The summed E-state index contributed by atoms with van der Waals surface area (Å²) >= 11 is 0. The van der Waals surface area contributed by atoms with Crippen LogP contribution in [-0.2, 0) is 12.1 Å². The predicted molar refractivity (Wildman–Crippen MR) is 87.1 cm³/mol. The van der Waals surface area contributed by atoms with Crippen LogP contribution in [0.1, 0.15) is 16.8 Å². The summed E-state index contributed by atoms with van der Waals surface area (Å²) in [5.41, 5.74) is -5.31. The van der Waals surface area contributed by atoms with Crippen LogP contribution < -0.4 is 11.2 Å². The highest BCUT2D eigenvalue weighted by atomic mass is 19.4. The molecule has 0 aliphatic carbocycles. The Balaban J connectivity index is 2.13. The summed E-state index contributed by atoms with van der Waals surface area (Å²) in [5, 5.41) is 0. The number of H-pyrrole nitrogens is 1.